The summed E-state index contributed by atoms with van der Waals surface area (Å²) in [7, 11) is 0. The van der Waals surface area contributed by atoms with Crippen molar-refractivity contribution in [1.29, 1.82) is 0 Å². The highest BCUT2D eigenvalue weighted by Gasteiger charge is 2.37. The summed E-state index contributed by atoms with van der Waals surface area (Å²) in [6.07, 6.45) is 23.7. The Kier molecular flexibility index (Phi) is 10.7. The van der Waals surface area contributed by atoms with E-state index in [1.54, 1.807) is 0 Å². The van der Waals surface area contributed by atoms with Gasteiger partial charge < -0.3 is 4.74 Å². The molecule has 0 bridgehead atoms. The number of unbranched alkanes of at least 4 members (excludes halogenated alkanes) is 3. The van der Waals surface area contributed by atoms with Crippen molar-refractivity contribution in [2.75, 3.05) is 0 Å². The molecule has 3 atom stereocenters. The van der Waals surface area contributed by atoms with E-state index in [-0.39, 0.29) is 18.0 Å². The van der Waals surface area contributed by atoms with Gasteiger partial charge in [-0.2, -0.15) is 0 Å². The molecule has 0 aromatic heterocycles. The van der Waals surface area contributed by atoms with Crippen LogP contribution in [0.1, 0.15) is 136 Å². The molecule has 3 unspecified atom stereocenters. The van der Waals surface area contributed by atoms with Gasteiger partial charge in [-0.1, -0.05) is 72.1 Å². The summed E-state index contributed by atoms with van der Waals surface area (Å²) in [5.74, 6) is 4.87. The van der Waals surface area contributed by atoms with Gasteiger partial charge in [0.25, 0.3) is 0 Å². The average molecular weight is 433 g/mol. The van der Waals surface area contributed by atoms with Gasteiger partial charge in [-0.3, -0.25) is 4.79 Å². The molecule has 2 heteroatoms. The monoisotopic (exact) mass is 432 g/mol. The summed E-state index contributed by atoms with van der Waals surface area (Å²) in [4.78, 5) is 12.8. The van der Waals surface area contributed by atoms with Crippen molar-refractivity contribution >= 4 is 5.97 Å². The van der Waals surface area contributed by atoms with Crippen molar-refractivity contribution in [1.82, 2.24) is 0 Å². The third-order valence-electron chi connectivity index (χ3n) is 9.31. The minimum absolute atomic E-state index is 0.142. The highest BCUT2D eigenvalue weighted by Crippen LogP contribution is 2.45. The van der Waals surface area contributed by atoms with Gasteiger partial charge in [0.15, 0.2) is 0 Å². The summed E-state index contributed by atoms with van der Waals surface area (Å²) in [5, 5.41) is 0. The third kappa shape index (κ3) is 7.78. The fraction of sp³-hybridized carbons (Fsp3) is 0.966. The summed E-state index contributed by atoms with van der Waals surface area (Å²) in [5.41, 5.74) is 0. The first kappa shape index (κ1) is 25.1. The van der Waals surface area contributed by atoms with Crippen molar-refractivity contribution < 1.29 is 9.53 Å². The Morgan fingerprint density at radius 3 is 2.03 bits per heavy atom. The zero-order valence-corrected chi connectivity index (χ0v) is 21.1. The van der Waals surface area contributed by atoms with Gasteiger partial charge in [0.2, 0.25) is 0 Å². The molecule has 31 heavy (non-hydrogen) atoms. The second-order valence-electron chi connectivity index (χ2n) is 11.6. The Hall–Kier alpha value is -0.530. The van der Waals surface area contributed by atoms with Crippen LogP contribution in [0, 0.1) is 35.5 Å². The van der Waals surface area contributed by atoms with E-state index in [0.717, 1.165) is 55.3 Å². The molecule has 0 spiro atoms. The lowest BCUT2D eigenvalue weighted by Gasteiger charge is -2.41. The molecule has 3 fully saturated rings. The first-order valence-corrected chi connectivity index (χ1v) is 14.3. The summed E-state index contributed by atoms with van der Waals surface area (Å²) >= 11 is 0. The second kappa shape index (κ2) is 13.2. The number of esters is 1. The Labute approximate surface area is 193 Å². The van der Waals surface area contributed by atoms with Crippen LogP contribution in [0.4, 0.5) is 0 Å². The van der Waals surface area contributed by atoms with E-state index in [2.05, 4.69) is 20.8 Å². The molecule has 3 aliphatic carbocycles. The topological polar surface area (TPSA) is 26.3 Å². The predicted molar refractivity (Wildman–Crippen MR) is 131 cm³/mol. The quantitative estimate of drug-likeness (QED) is 0.255. The lowest BCUT2D eigenvalue weighted by atomic mass is 9.64. The van der Waals surface area contributed by atoms with Gasteiger partial charge in [0, 0.05) is 0 Å². The summed E-state index contributed by atoms with van der Waals surface area (Å²) < 4.78 is 6.01. The number of ether oxygens (including phenoxy) is 1. The Morgan fingerprint density at radius 1 is 0.742 bits per heavy atom. The number of carbonyl (C=O) groups excluding carboxylic acids is 1. The van der Waals surface area contributed by atoms with Crippen LogP contribution in [-0.2, 0) is 9.53 Å². The summed E-state index contributed by atoms with van der Waals surface area (Å²) in [6.45, 7) is 7.11. The molecule has 0 saturated heterocycles. The molecular weight excluding hydrogens is 380 g/mol. The molecule has 3 rings (SSSR count). The Morgan fingerprint density at radius 2 is 1.39 bits per heavy atom. The average Bonchev–Trinajstić information content (AvgIpc) is 2.79. The minimum Gasteiger partial charge on any atom is -0.462 e. The molecule has 0 N–H and O–H groups in total. The maximum Gasteiger partial charge on any atom is 0.309 e. The lowest BCUT2D eigenvalue weighted by molar-refractivity contribution is -0.157. The molecule has 0 amide bonds. The minimum atomic E-state index is 0.142. The van der Waals surface area contributed by atoms with Gasteiger partial charge in [-0.25, -0.2) is 0 Å². The van der Waals surface area contributed by atoms with E-state index in [4.69, 9.17) is 4.74 Å². The highest BCUT2D eigenvalue weighted by molar-refractivity contribution is 5.72. The smallest absolute Gasteiger partial charge is 0.309 e. The zero-order valence-electron chi connectivity index (χ0n) is 21.1. The van der Waals surface area contributed by atoms with Crippen LogP contribution in [-0.4, -0.2) is 12.1 Å². The molecule has 0 aromatic carbocycles. The lowest BCUT2D eigenvalue weighted by Crippen LogP contribution is -2.34. The van der Waals surface area contributed by atoms with Crippen LogP contribution in [0.2, 0.25) is 0 Å². The molecule has 0 aliphatic heterocycles. The molecule has 0 aromatic rings. The Bertz CT molecular complexity index is 499. The standard InChI is InChI=1S/C29H52O2/c1-4-6-8-10-24-13-20-28(22(3)21-24)25-14-16-26(17-15-25)29(30)31-27-18-11-23(12-19-27)9-7-5-2/h22-28H,4-21H2,1-3H3/t22?,23-,24?,25-,26-,27-,28?. The fourth-order valence-electron chi connectivity index (χ4n) is 7.25. The highest BCUT2D eigenvalue weighted by atomic mass is 16.5. The van der Waals surface area contributed by atoms with Crippen LogP contribution in [0.5, 0.6) is 0 Å². The fourth-order valence-corrected chi connectivity index (χ4v) is 7.25. The zero-order chi connectivity index (χ0) is 22.1. The Balaban J connectivity index is 1.33. The van der Waals surface area contributed by atoms with Crippen molar-refractivity contribution in [3.8, 4) is 0 Å². The van der Waals surface area contributed by atoms with Crippen LogP contribution in [0.25, 0.3) is 0 Å². The van der Waals surface area contributed by atoms with Gasteiger partial charge in [0.05, 0.1) is 5.92 Å². The molecule has 3 saturated carbocycles. The van der Waals surface area contributed by atoms with Crippen LogP contribution < -0.4 is 0 Å². The number of carbonyl (C=O) groups is 1. The first-order chi connectivity index (χ1) is 15.1. The maximum atomic E-state index is 12.8. The van der Waals surface area contributed by atoms with E-state index in [1.807, 2.05) is 0 Å². The molecule has 180 valence electrons. The van der Waals surface area contributed by atoms with Crippen LogP contribution >= 0.6 is 0 Å². The van der Waals surface area contributed by atoms with Crippen molar-refractivity contribution in [2.45, 2.75) is 142 Å². The SMILES string of the molecule is CCCCCC1CCC([C@H]2CC[C@H](C(=O)O[C@H]3CC[C@H](CCCC)CC3)CC2)C(C)C1. The molecular formula is C29H52O2. The molecule has 0 heterocycles. The third-order valence-corrected chi connectivity index (χ3v) is 9.31. The van der Waals surface area contributed by atoms with E-state index in [9.17, 15) is 4.79 Å². The van der Waals surface area contributed by atoms with Crippen molar-refractivity contribution in [2.24, 2.45) is 35.5 Å². The first-order valence-electron chi connectivity index (χ1n) is 14.3. The van der Waals surface area contributed by atoms with E-state index in [0.29, 0.717) is 0 Å². The van der Waals surface area contributed by atoms with Gasteiger partial charge in [-0.05, 0) is 93.8 Å². The molecule has 2 nitrogen and oxygen atoms in total. The maximum absolute atomic E-state index is 12.8. The van der Waals surface area contributed by atoms with Gasteiger partial charge >= 0.3 is 5.97 Å². The van der Waals surface area contributed by atoms with Gasteiger partial charge in [-0.15, -0.1) is 0 Å². The number of hydrogen-bond acceptors (Lipinski definition) is 2. The second-order valence-corrected chi connectivity index (χ2v) is 11.6. The normalized spacial score (nSPS) is 36.8. The summed E-state index contributed by atoms with van der Waals surface area (Å²) in [6, 6.07) is 0. The predicted octanol–water partition coefficient (Wildman–Crippen LogP) is 8.72. The van der Waals surface area contributed by atoms with Crippen molar-refractivity contribution in [3.63, 3.8) is 0 Å². The van der Waals surface area contributed by atoms with Crippen LogP contribution in [0.3, 0.4) is 0 Å². The molecule has 3 aliphatic rings. The number of rotatable bonds is 10. The van der Waals surface area contributed by atoms with Crippen molar-refractivity contribution in [3.05, 3.63) is 0 Å². The van der Waals surface area contributed by atoms with E-state index < -0.39 is 0 Å². The largest absolute Gasteiger partial charge is 0.462 e. The molecule has 0 radical (unpaired) electrons. The van der Waals surface area contributed by atoms with Gasteiger partial charge in [0.1, 0.15) is 6.10 Å². The van der Waals surface area contributed by atoms with E-state index >= 15 is 0 Å². The number of hydrogen-bond donors (Lipinski definition) is 0. The van der Waals surface area contributed by atoms with E-state index in [1.165, 1.54) is 89.9 Å². The van der Waals surface area contributed by atoms with Crippen LogP contribution in [0.15, 0.2) is 0 Å².